The monoisotopic (exact) mass is 751 g/mol. The van der Waals surface area contributed by atoms with Gasteiger partial charge in [-0.1, -0.05) is 138 Å². The third-order valence-electron chi connectivity index (χ3n) is 11.6. The first-order valence-corrected chi connectivity index (χ1v) is 19.5. The molecule has 0 aliphatic heterocycles. The molecule has 0 aliphatic carbocycles. The van der Waals surface area contributed by atoms with Crippen LogP contribution in [0.5, 0.6) is 0 Å². The summed E-state index contributed by atoms with van der Waals surface area (Å²) in [6.07, 6.45) is 0. The Balaban J connectivity index is 0.990. The first kappa shape index (κ1) is 36.0. The molecule has 0 amide bonds. The number of fused-ring (bicyclic) bond motifs is 9. The average molecular weight is 751 g/mol. The van der Waals surface area contributed by atoms with E-state index in [1.807, 2.05) is 66.7 Å². The lowest BCUT2D eigenvalue weighted by atomic mass is 9.59. The molecule has 10 radical (unpaired) electrons. The standard InChI is InChI=1S/C51H26B5N3O/c52-44-43(45(53)47(55)48(56)46(44)54)27-14-16-29(17-15-27)50-57-49(28-8-2-1-3-9-28)58-51(59-50)32-20-23-39-38-22-19-31(25-41(38)60-42(39)26-32)30-18-21-37-35-12-5-4-10-33(35)34-11-6-7-13-36(34)40(37)24-30/h1-26H. The Bertz CT molecular complexity index is 3490. The molecule has 0 saturated heterocycles. The first-order chi connectivity index (χ1) is 29.3. The summed E-state index contributed by atoms with van der Waals surface area (Å²) in [5, 5.41) is 9.51. The second kappa shape index (κ2) is 14.0. The highest BCUT2D eigenvalue weighted by Crippen LogP contribution is 2.39. The topological polar surface area (TPSA) is 51.8 Å². The molecule has 0 bridgehead atoms. The van der Waals surface area contributed by atoms with Crippen molar-refractivity contribution in [2.75, 3.05) is 0 Å². The number of benzene rings is 9. The molecule has 0 fully saturated rings. The van der Waals surface area contributed by atoms with Gasteiger partial charge in [-0.2, -0.15) is 0 Å². The summed E-state index contributed by atoms with van der Waals surface area (Å²) in [5.74, 6) is 1.54. The van der Waals surface area contributed by atoms with Crippen molar-refractivity contribution < 1.29 is 4.42 Å². The molecule has 2 heterocycles. The van der Waals surface area contributed by atoms with E-state index >= 15 is 0 Å². The van der Waals surface area contributed by atoms with E-state index in [4.69, 9.17) is 58.6 Å². The van der Waals surface area contributed by atoms with Gasteiger partial charge >= 0.3 is 0 Å². The second-order valence-corrected chi connectivity index (χ2v) is 15.1. The fraction of sp³-hybridized carbons (Fsp3) is 0. The van der Waals surface area contributed by atoms with Gasteiger partial charge in [-0.25, -0.2) is 15.0 Å². The van der Waals surface area contributed by atoms with Crippen LogP contribution in [0.4, 0.5) is 0 Å². The van der Waals surface area contributed by atoms with E-state index in [0.29, 0.717) is 23.0 Å². The summed E-state index contributed by atoms with van der Waals surface area (Å²) in [5.41, 5.74) is 8.53. The second-order valence-electron chi connectivity index (χ2n) is 15.1. The normalized spacial score (nSPS) is 11.7. The highest BCUT2D eigenvalue weighted by atomic mass is 16.3. The zero-order valence-corrected chi connectivity index (χ0v) is 32.1. The van der Waals surface area contributed by atoms with E-state index in [2.05, 4.69) is 91.0 Å². The number of aromatic nitrogens is 3. The van der Waals surface area contributed by atoms with Crippen molar-refractivity contribution in [1.82, 2.24) is 15.0 Å². The predicted octanol–water partition coefficient (Wildman–Crippen LogP) is 7.53. The van der Waals surface area contributed by atoms with Crippen molar-refractivity contribution in [3.05, 3.63) is 158 Å². The largest absolute Gasteiger partial charge is 0.456 e. The van der Waals surface area contributed by atoms with Crippen LogP contribution in [-0.4, -0.2) is 54.2 Å². The van der Waals surface area contributed by atoms with Crippen LogP contribution in [0.2, 0.25) is 0 Å². The minimum absolute atomic E-state index is 0.172. The van der Waals surface area contributed by atoms with Crippen LogP contribution in [-0.2, 0) is 0 Å². The van der Waals surface area contributed by atoms with Gasteiger partial charge < -0.3 is 4.42 Å². The quantitative estimate of drug-likeness (QED) is 0.135. The van der Waals surface area contributed by atoms with E-state index in [1.165, 1.54) is 32.3 Å². The summed E-state index contributed by atoms with van der Waals surface area (Å²) in [7, 11) is 31.1. The number of hydrogen-bond acceptors (Lipinski definition) is 4. The molecule has 0 aliphatic rings. The lowest BCUT2D eigenvalue weighted by Crippen LogP contribution is -2.55. The van der Waals surface area contributed by atoms with Crippen molar-refractivity contribution in [1.29, 1.82) is 0 Å². The predicted molar refractivity (Wildman–Crippen MR) is 254 cm³/mol. The van der Waals surface area contributed by atoms with Gasteiger partial charge in [-0.05, 0) is 84.9 Å². The zero-order valence-electron chi connectivity index (χ0n) is 32.1. The first-order valence-electron chi connectivity index (χ1n) is 19.5. The Hall–Kier alpha value is -7.11. The number of furan rings is 1. The SMILES string of the molecule is [B]c1c([B])c([B])c(-c2ccc(-c3nc(-c4ccccc4)nc(-c4ccc5c(c4)oc4cc(-c6ccc7c8ccccc8c8ccccc8c7c6)ccc45)n3)cc2)c([B])c1[B]. The lowest BCUT2D eigenvalue weighted by molar-refractivity contribution is 0.669. The van der Waals surface area contributed by atoms with Crippen LogP contribution in [0.15, 0.2) is 162 Å². The number of hydrogen-bond donors (Lipinski definition) is 0. The third-order valence-corrected chi connectivity index (χ3v) is 11.6. The molecular formula is C51H26B5N3O. The Morgan fingerprint density at radius 3 is 1.22 bits per heavy atom. The Kier molecular flexibility index (Phi) is 8.42. The van der Waals surface area contributed by atoms with Gasteiger partial charge in [0.25, 0.3) is 0 Å². The zero-order chi connectivity index (χ0) is 40.6. The Labute approximate surface area is 352 Å². The Morgan fingerprint density at radius 1 is 0.283 bits per heavy atom. The molecule has 2 aromatic heterocycles. The molecule has 0 atom stereocenters. The summed E-state index contributed by atoms with van der Waals surface area (Å²) in [6.45, 7) is 0. The van der Waals surface area contributed by atoms with Crippen molar-refractivity contribution >= 4 is 121 Å². The average Bonchev–Trinajstić information content (AvgIpc) is 3.68. The molecule has 4 nitrogen and oxygen atoms in total. The molecular weight excluding hydrogens is 725 g/mol. The highest BCUT2D eigenvalue weighted by Gasteiger charge is 2.17. The van der Waals surface area contributed by atoms with Crippen molar-refractivity contribution in [2.24, 2.45) is 0 Å². The molecule has 0 spiro atoms. The van der Waals surface area contributed by atoms with Gasteiger partial charge in [0.15, 0.2) is 17.5 Å². The molecule has 11 rings (SSSR count). The summed E-state index contributed by atoms with van der Waals surface area (Å²) < 4.78 is 6.60. The van der Waals surface area contributed by atoms with Crippen LogP contribution in [0, 0.1) is 0 Å². The molecule has 0 N–H and O–H groups in total. The van der Waals surface area contributed by atoms with Crippen LogP contribution in [0.1, 0.15) is 0 Å². The summed E-state index contributed by atoms with van der Waals surface area (Å²) in [4.78, 5) is 14.9. The lowest BCUT2D eigenvalue weighted by Gasteiger charge is -2.21. The van der Waals surface area contributed by atoms with Crippen LogP contribution >= 0.6 is 0 Å². The van der Waals surface area contributed by atoms with Gasteiger partial charge in [0.1, 0.15) is 50.4 Å². The van der Waals surface area contributed by atoms with Crippen LogP contribution in [0.25, 0.3) is 111 Å². The highest BCUT2D eigenvalue weighted by molar-refractivity contribution is 6.68. The molecule has 0 unspecified atom stereocenters. The van der Waals surface area contributed by atoms with E-state index in [1.54, 1.807) is 0 Å². The Morgan fingerprint density at radius 2 is 0.650 bits per heavy atom. The summed E-state index contributed by atoms with van der Waals surface area (Å²) >= 11 is 0. The van der Waals surface area contributed by atoms with Gasteiger partial charge in [-0.3, -0.25) is 0 Å². The van der Waals surface area contributed by atoms with E-state index < -0.39 is 0 Å². The van der Waals surface area contributed by atoms with Crippen LogP contribution < -0.4 is 27.3 Å². The third kappa shape index (κ3) is 5.79. The molecule has 60 heavy (non-hydrogen) atoms. The van der Waals surface area contributed by atoms with E-state index in [9.17, 15) is 0 Å². The molecule has 11 aromatic rings. The van der Waals surface area contributed by atoms with E-state index in [-0.39, 0.29) is 27.3 Å². The van der Waals surface area contributed by atoms with Crippen molar-refractivity contribution in [2.45, 2.75) is 0 Å². The molecule has 9 heteroatoms. The maximum Gasteiger partial charge on any atom is 0.164 e. The maximum atomic E-state index is 6.60. The minimum atomic E-state index is 0.172. The summed E-state index contributed by atoms with van der Waals surface area (Å²) in [6, 6.07) is 54.0. The fourth-order valence-electron chi connectivity index (χ4n) is 8.48. The number of rotatable bonds is 5. The van der Waals surface area contributed by atoms with Crippen molar-refractivity contribution in [3.8, 4) is 56.4 Å². The van der Waals surface area contributed by atoms with Crippen LogP contribution in [0.3, 0.4) is 0 Å². The van der Waals surface area contributed by atoms with Gasteiger partial charge in [0, 0.05) is 27.5 Å². The minimum Gasteiger partial charge on any atom is -0.456 e. The molecule has 266 valence electrons. The molecule has 0 saturated carbocycles. The van der Waals surface area contributed by atoms with Crippen molar-refractivity contribution in [3.63, 3.8) is 0 Å². The fourth-order valence-corrected chi connectivity index (χ4v) is 8.48. The maximum absolute atomic E-state index is 6.60. The molecule has 9 aromatic carbocycles. The van der Waals surface area contributed by atoms with Gasteiger partial charge in [-0.15, -0.1) is 16.4 Å². The smallest absolute Gasteiger partial charge is 0.164 e. The van der Waals surface area contributed by atoms with Gasteiger partial charge in [0.05, 0.1) is 0 Å². The van der Waals surface area contributed by atoms with E-state index in [0.717, 1.165) is 55.3 Å². The number of nitrogens with zero attached hydrogens (tertiary/aromatic N) is 3. The van der Waals surface area contributed by atoms with Gasteiger partial charge in [0.2, 0.25) is 0 Å².